The van der Waals surface area contributed by atoms with E-state index in [0.29, 0.717) is 24.3 Å². The molecule has 0 spiro atoms. The van der Waals surface area contributed by atoms with E-state index in [1.165, 1.54) is 116 Å². The van der Waals surface area contributed by atoms with Crippen LogP contribution in [0.15, 0.2) is 24.3 Å². The highest BCUT2D eigenvalue weighted by Gasteiger charge is 2.18. The standard InChI is InChI=1S/C24H38O4.C10H20/c1-3-5-7-9-11-15-19-27-23(25)21-17-13-14-18-22(21)24(26)28-20-16-12-10-8-6-4-2;1-2-4-6-8-10-9-7-5-3-1/h13-14,17-18H,3-12,15-16,19-20H2,1-2H3;1-10H2. The Morgan fingerprint density at radius 3 is 1.11 bits per heavy atom. The Kier molecular flexibility index (Phi) is 22.9. The molecule has 0 atom stereocenters. The van der Waals surface area contributed by atoms with Crippen molar-refractivity contribution < 1.29 is 19.1 Å². The molecule has 1 fully saturated rings. The number of hydrogen-bond acceptors (Lipinski definition) is 4. The second-order valence-corrected chi connectivity index (χ2v) is 10.9. The fraction of sp³-hybridized carbons (Fsp3) is 0.765. The zero-order chi connectivity index (χ0) is 27.5. The highest BCUT2D eigenvalue weighted by atomic mass is 16.5. The molecule has 1 aliphatic rings. The van der Waals surface area contributed by atoms with E-state index in [4.69, 9.17) is 9.47 Å². The van der Waals surface area contributed by atoms with Gasteiger partial charge in [0.15, 0.2) is 0 Å². The van der Waals surface area contributed by atoms with Crippen molar-refractivity contribution in [2.75, 3.05) is 13.2 Å². The van der Waals surface area contributed by atoms with Crippen LogP contribution in [0.2, 0.25) is 0 Å². The molecule has 1 aliphatic carbocycles. The molecule has 0 aliphatic heterocycles. The van der Waals surface area contributed by atoms with Gasteiger partial charge in [0.05, 0.1) is 24.3 Å². The van der Waals surface area contributed by atoms with Crippen LogP contribution >= 0.6 is 0 Å². The molecule has 0 bridgehead atoms. The van der Waals surface area contributed by atoms with E-state index in [1.54, 1.807) is 24.3 Å². The van der Waals surface area contributed by atoms with Crippen molar-refractivity contribution in [3.8, 4) is 0 Å². The molecule has 2 rings (SSSR count). The van der Waals surface area contributed by atoms with Gasteiger partial charge in [0.1, 0.15) is 0 Å². The van der Waals surface area contributed by atoms with Crippen LogP contribution in [0.5, 0.6) is 0 Å². The summed E-state index contributed by atoms with van der Waals surface area (Å²) in [6.45, 7) is 5.17. The fourth-order valence-electron chi connectivity index (χ4n) is 4.86. The summed E-state index contributed by atoms with van der Waals surface area (Å²) in [5, 5.41) is 0. The van der Waals surface area contributed by atoms with Crippen LogP contribution < -0.4 is 0 Å². The van der Waals surface area contributed by atoms with E-state index in [-0.39, 0.29) is 0 Å². The molecule has 1 saturated carbocycles. The minimum atomic E-state index is -0.444. The third-order valence-electron chi connectivity index (χ3n) is 7.33. The lowest BCUT2D eigenvalue weighted by molar-refractivity contribution is 0.0450. The van der Waals surface area contributed by atoms with Crippen LogP contribution in [0.3, 0.4) is 0 Å². The number of carbonyl (C=O) groups excluding carboxylic acids is 2. The molecule has 1 aromatic rings. The van der Waals surface area contributed by atoms with Gasteiger partial charge >= 0.3 is 11.9 Å². The molecular weight excluding hydrogens is 472 g/mol. The Bertz CT molecular complexity index is 617. The summed E-state index contributed by atoms with van der Waals surface area (Å²) in [4.78, 5) is 24.7. The smallest absolute Gasteiger partial charge is 0.339 e. The lowest BCUT2D eigenvalue weighted by Crippen LogP contribution is -2.15. The number of esters is 2. The quantitative estimate of drug-likeness (QED) is 0.157. The van der Waals surface area contributed by atoms with Gasteiger partial charge in [0.25, 0.3) is 0 Å². The summed E-state index contributed by atoms with van der Waals surface area (Å²) in [5.41, 5.74) is 0.586. The molecule has 218 valence electrons. The highest BCUT2D eigenvalue weighted by Crippen LogP contribution is 2.16. The van der Waals surface area contributed by atoms with E-state index in [2.05, 4.69) is 13.8 Å². The van der Waals surface area contributed by atoms with E-state index in [9.17, 15) is 9.59 Å². The number of unbranched alkanes of at least 4 members (excludes halogenated alkanes) is 10. The molecule has 0 amide bonds. The maximum atomic E-state index is 12.4. The van der Waals surface area contributed by atoms with Gasteiger partial charge < -0.3 is 9.47 Å². The first-order chi connectivity index (χ1) is 18.7. The average molecular weight is 531 g/mol. The summed E-state index contributed by atoms with van der Waals surface area (Å²) in [6, 6.07) is 6.74. The lowest BCUT2D eigenvalue weighted by atomic mass is 10.0. The third-order valence-corrected chi connectivity index (χ3v) is 7.33. The molecule has 0 saturated heterocycles. The van der Waals surface area contributed by atoms with Gasteiger partial charge in [0, 0.05) is 0 Å². The van der Waals surface area contributed by atoms with Crippen molar-refractivity contribution in [3.63, 3.8) is 0 Å². The van der Waals surface area contributed by atoms with Crippen molar-refractivity contribution in [1.29, 1.82) is 0 Å². The fourth-order valence-corrected chi connectivity index (χ4v) is 4.86. The minimum absolute atomic E-state index is 0.293. The first-order valence-corrected chi connectivity index (χ1v) is 16.1. The van der Waals surface area contributed by atoms with Crippen molar-refractivity contribution in [2.45, 2.75) is 155 Å². The third kappa shape index (κ3) is 18.4. The molecule has 4 heteroatoms. The van der Waals surface area contributed by atoms with Gasteiger partial charge in [-0.25, -0.2) is 9.59 Å². The largest absolute Gasteiger partial charge is 0.462 e. The molecule has 1 aromatic carbocycles. The number of hydrogen-bond donors (Lipinski definition) is 0. The van der Waals surface area contributed by atoms with E-state index in [0.717, 1.165) is 25.7 Å². The van der Waals surface area contributed by atoms with Crippen molar-refractivity contribution in [2.24, 2.45) is 0 Å². The van der Waals surface area contributed by atoms with Gasteiger partial charge in [-0.1, -0.05) is 154 Å². The van der Waals surface area contributed by atoms with E-state index >= 15 is 0 Å². The lowest BCUT2D eigenvalue weighted by Gasteiger charge is -2.10. The van der Waals surface area contributed by atoms with Crippen LogP contribution in [0.4, 0.5) is 0 Å². The average Bonchev–Trinajstić information content (AvgIpc) is 2.95. The van der Waals surface area contributed by atoms with Crippen LogP contribution in [0, 0.1) is 0 Å². The van der Waals surface area contributed by atoms with Crippen LogP contribution in [0.25, 0.3) is 0 Å². The summed E-state index contributed by atoms with van der Waals surface area (Å²) >= 11 is 0. The molecule has 0 N–H and O–H groups in total. The highest BCUT2D eigenvalue weighted by molar-refractivity contribution is 6.03. The molecular formula is C34H58O4. The number of ether oxygens (including phenoxy) is 2. The Labute approximate surface area is 234 Å². The van der Waals surface area contributed by atoms with E-state index < -0.39 is 11.9 Å². The summed E-state index contributed by atoms with van der Waals surface area (Å²) < 4.78 is 10.7. The molecule has 4 nitrogen and oxygen atoms in total. The van der Waals surface area contributed by atoms with Gasteiger partial charge in [0.2, 0.25) is 0 Å². The second kappa shape index (κ2) is 25.4. The van der Waals surface area contributed by atoms with Crippen LogP contribution in [-0.2, 0) is 9.47 Å². The van der Waals surface area contributed by atoms with Crippen LogP contribution in [0.1, 0.15) is 176 Å². The molecule has 0 unspecified atom stereocenters. The summed E-state index contributed by atoms with van der Waals surface area (Å²) in [5.74, 6) is -0.888. The zero-order valence-corrected chi connectivity index (χ0v) is 24.9. The Hall–Kier alpha value is -1.84. The number of rotatable bonds is 16. The maximum absolute atomic E-state index is 12.4. The van der Waals surface area contributed by atoms with Gasteiger partial charge in [-0.3, -0.25) is 0 Å². The van der Waals surface area contributed by atoms with Crippen molar-refractivity contribution >= 4 is 11.9 Å². The first-order valence-electron chi connectivity index (χ1n) is 16.1. The predicted molar refractivity (Wildman–Crippen MR) is 160 cm³/mol. The SMILES string of the molecule is C1CCCCCCCCC1.CCCCCCCCOC(=O)c1ccccc1C(=O)OCCCCCCCC. The van der Waals surface area contributed by atoms with Gasteiger partial charge in [-0.15, -0.1) is 0 Å². The number of benzene rings is 1. The van der Waals surface area contributed by atoms with Gasteiger partial charge in [-0.2, -0.15) is 0 Å². The summed E-state index contributed by atoms with van der Waals surface area (Å²) in [7, 11) is 0. The molecule has 0 aromatic heterocycles. The van der Waals surface area contributed by atoms with Crippen molar-refractivity contribution in [3.05, 3.63) is 35.4 Å². The monoisotopic (exact) mass is 530 g/mol. The summed E-state index contributed by atoms with van der Waals surface area (Å²) in [6.07, 6.45) is 28.6. The Balaban J connectivity index is 0.000000600. The first kappa shape index (κ1) is 34.2. The van der Waals surface area contributed by atoms with E-state index in [1.807, 2.05) is 0 Å². The zero-order valence-electron chi connectivity index (χ0n) is 24.9. The van der Waals surface area contributed by atoms with Crippen molar-refractivity contribution in [1.82, 2.24) is 0 Å². The molecule has 38 heavy (non-hydrogen) atoms. The maximum Gasteiger partial charge on any atom is 0.339 e. The predicted octanol–water partition coefficient (Wildman–Crippen LogP) is 10.6. The topological polar surface area (TPSA) is 52.6 Å². The van der Waals surface area contributed by atoms with Gasteiger partial charge in [-0.05, 0) is 25.0 Å². The molecule has 0 heterocycles. The normalized spacial score (nSPS) is 14.2. The minimum Gasteiger partial charge on any atom is -0.462 e. The Morgan fingerprint density at radius 1 is 0.500 bits per heavy atom. The Morgan fingerprint density at radius 2 is 0.789 bits per heavy atom. The molecule has 0 radical (unpaired) electrons. The van der Waals surface area contributed by atoms with Crippen LogP contribution in [-0.4, -0.2) is 25.2 Å². The number of carbonyl (C=O) groups is 2. The second-order valence-electron chi connectivity index (χ2n) is 10.9.